The molecule has 1 aliphatic rings. The van der Waals surface area contributed by atoms with Gasteiger partial charge in [-0.15, -0.1) is 0 Å². The van der Waals surface area contributed by atoms with E-state index in [4.69, 9.17) is 4.74 Å². The van der Waals surface area contributed by atoms with Crippen molar-refractivity contribution in [3.63, 3.8) is 0 Å². The van der Waals surface area contributed by atoms with Gasteiger partial charge in [-0.25, -0.2) is 18.6 Å². The number of aromatic nitrogens is 2. The normalized spacial score (nSPS) is 22.7. The van der Waals surface area contributed by atoms with Crippen LogP contribution in [0.4, 0.5) is 8.78 Å². The molecule has 82 valence electrons. The van der Waals surface area contributed by atoms with Crippen LogP contribution in [-0.2, 0) is 11.3 Å². The summed E-state index contributed by atoms with van der Waals surface area (Å²) in [4.78, 5) is 14.6. The number of hydrogen-bond acceptors (Lipinski definition) is 3. The van der Waals surface area contributed by atoms with Crippen molar-refractivity contribution < 1.29 is 13.5 Å². The van der Waals surface area contributed by atoms with Gasteiger partial charge in [0.25, 0.3) is 5.92 Å². The van der Waals surface area contributed by atoms with E-state index in [0.717, 1.165) is 0 Å². The molecule has 0 amide bonds. The van der Waals surface area contributed by atoms with Crippen LogP contribution >= 0.6 is 0 Å². The van der Waals surface area contributed by atoms with Gasteiger partial charge in [0.05, 0.1) is 13.2 Å². The standard InChI is InChI=1S/C9H10F2N2O2/c10-9(11)6-7(9)15-5-4-13-3-1-2-12-8(13)14/h1-3,7H,4-6H2. The van der Waals surface area contributed by atoms with E-state index in [1.54, 1.807) is 12.3 Å². The monoisotopic (exact) mass is 216 g/mol. The molecular formula is C9H10F2N2O2. The lowest BCUT2D eigenvalue weighted by atomic mass is 10.6. The maximum Gasteiger partial charge on any atom is 0.347 e. The lowest BCUT2D eigenvalue weighted by Gasteiger charge is -2.04. The molecule has 1 unspecified atom stereocenters. The Kier molecular flexibility index (Phi) is 2.52. The van der Waals surface area contributed by atoms with Crippen LogP contribution in [0.25, 0.3) is 0 Å². The van der Waals surface area contributed by atoms with Crippen LogP contribution < -0.4 is 5.69 Å². The van der Waals surface area contributed by atoms with Gasteiger partial charge in [-0.3, -0.25) is 4.57 Å². The molecule has 1 saturated carbocycles. The van der Waals surface area contributed by atoms with Crippen molar-refractivity contribution in [1.29, 1.82) is 0 Å². The molecular weight excluding hydrogens is 206 g/mol. The molecule has 15 heavy (non-hydrogen) atoms. The maximum absolute atomic E-state index is 12.4. The first-order chi connectivity index (χ1) is 7.09. The molecule has 1 aromatic rings. The van der Waals surface area contributed by atoms with Gasteiger partial charge < -0.3 is 4.74 Å². The van der Waals surface area contributed by atoms with Gasteiger partial charge in [0, 0.05) is 18.8 Å². The van der Waals surface area contributed by atoms with E-state index in [0.29, 0.717) is 0 Å². The summed E-state index contributed by atoms with van der Waals surface area (Å²) in [5.41, 5.74) is -0.399. The maximum atomic E-state index is 12.4. The second kappa shape index (κ2) is 3.69. The molecule has 6 heteroatoms. The molecule has 1 aromatic heterocycles. The van der Waals surface area contributed by atoms with Gasteiger partial charge in [0.1, 0.15) is 6.10 Å². The Balaban J connectivity index is 1.80. The number of alkyl halides is 2. The Labute approximate surface area is 84.5 Å². The quantitative estimate of drug-likeness (QED) is 0.742. The SMILES string of the molecule is O=c1ncccn1CCOC1CC1(F)F. The minimum atomic E-state index is -2.67. The lowest BCUT2D eigenvalue weighted by Crippen LogP contribution is -2.24. The third kappa shape index (κ3) is 2.38. The van der Waals surface area contributed by atoms with E-state index in [1.165, 1.54) is 10.8 Å². The predicted octanol–water partition coefficient (Wildman–Crippen LogP) is 0.667. The van der Waals surface area contributed by atoms with Gasteiger partial charge in [0.15, 0.2) is 0 Å². The molecule has 0 radical (unpaired) electrons. The molecule has 1 heterocycles. The van der Waals surface area contributed by atoms with Crippen LogP contribution in [0.3, 0.4) is 0 Å². The van der Waals surface area contributed by atoms with Gasteiger partial charge in [-0.1, -0.05) is 0 Å². The Morgan fingerprint density at radius 2 is 2.40 bits per heavy atom. The highest BCUT2D eigenvalue weighted by atomic mass is 19.3. The fourth-order valence-corrected chi connectivity index (χ4v) is 1.22. The van der Waals surface area contributed by atoms with E-state index >= 15 is 0 Å². The molecule has 0 N–H and O–H groups in total. The molecule has 1 fully saturated rings. The van der Waals surface area contributed by atoms with Crippen LogP contribution in [0.2, 0.25) is 0 Å². The number of ether oxygens (including phenoxy) is 1. The second-order valence-corrected chi connectivity index (χ2v) is 3.42. The average molecular weight is 216 g/mol. The zero-order valence-electron chi connectivity index (χ0n) is 7.90. The van der Waals surface area contributed by atoms with E-state index in [9.17, 15) is 13.6 Å². The second-order valence-electron chi connectivity index (χ2n) is 3.42. The summed E-state index contributed by atoms with van der Waals surface area (Å²) < 4.78 is 31.0. The number of rotatable bonds is 4. The lowest BCUT2D eigenvalue weighted by molar-refractivity contribution is 0.0105. The zero-order valence-corrected chi connectivity index (χ0v) is 7.90. The Morgan fingerprint density at radius 1 is 1.67 bits per heavy atom. The average Bonchev–Trinajstić information content (AvgIpc) is 2.78. The van der Waals surface area contributed by atoms with Gasteiger partial charge in [-0.05, 0) is 6.07 Å². The van der Waals surface area contributed by atoms with Crippen molar-refractivity contribution in [3.8, 4) is 0 Å². The highest BCUT2D eigenvalue weighted by Crippen LogP contribution is 2.44. The predicted molar refractivity (Wildman–Crippen MR) is 47.8 cm³/mol. The molecule has 0 saturated heterocycles. The summed E-state index contributed by atoms with van der Waals surface area (Å²) in [6.07, 6.45) is 1.75. The largest absolute Gasteiger partial charge is 0.370 e. The molecule has 0 bridgehead atoms. The van der Waals surface area contributed by atoms with Crippen LogP contribution in [-0.4, -0.2) is 28.2 Å². The van der Waals surface area contributed by atoms with Crippen molar-refractivity contribution in [3.05, 3.63) is 28.9 Å². The van der Waals surface area contributed by atoms with Crippen molar-refractivity contribution in [1.82, 2.24) is 9.55 Å². The molecule has 1 aliphatic carbocycles. The summed E-state index contributed by atoms with van der Waals surface area (Å²) in [5, 5.41) is 0. The Hall–Kier alpha value is -1.30. The topological polar surface area (TPSA) is 44.1 Å². The fourth-order valence-electron chi connectivity index (χ4n) is 1.22. The first-order valence-electron chi connectivity index (χ1n) is 4.60. The Bertz CT molecular complexity index is 405. The van der Waals surface area contributed by atoms with Gasteiger partial charge in [0.2, 0.25) is 0 Å². The number of hydrogen-bond donors (Lipinski definition) is 0. The van der Waals surface area contributed by atoms with Crippen molar-refractivity contribution in [2.24, 2.45) is 0 Å². The van der Waals surface area contributed by atoms with E-state index in [2.05, 4.69) is 4.98 Å². The van der Waals surface area contributed by atoms with Crippen molar-refractivity contribution in [2.45, 2.75) is 25.0 Å². The van der Waals surface area contributed by atoms with Crippen LogP contribution in [0, 0.1) is 0 Å². The third-order valence-electron chi connectivity index (χ3n) is 2.20. The fraction of sp³-hybridized carbons (Fsp3) is 0.556. The van der Waals surface area contributed by atoms with E-state index in [1.807, 2.05) is 0 Å². The first kappa shape index (κ1) is 10.2. The minimum absolute atomic E-state index is 0.103. The summed E-state index contributed by atoms with van der Waals surface area (Å²) in [7, 11) is 0. The van der Waals surface area contributed by atoms with Crippen LogP contribution in [0.1, 0.15) is 6.42 Å². The van der Waals surface area contributed by atoms with Gasteiger partial charge >= 0.3 is 5.69 Å². The van der Waals surface area contributed by atoms with Crippen LogP contribution in [0.5, 0.6) is 0 Å². The smallest absolute Gasteiger partial charge is 0.347 e. The molecule has 0 spiro atoms. The third-order valence-corrected chi connectivity index (χ3v) is 2.20. The molecule has 1 atom stereocenters. The molecule has 0 aliphatic heterocycles. The summed E-state index contributed by atoms with van der Waals surface area (Å²) >= 11 is 0. The molecule has 4 nitrogen and oxygen atoms in total. The molecule has 0 aromatic carbocycles. The zero-order chi connectivity index (χ0) is 10.9. The van der Waals surface area contributed by atoms with Crippen LogP contribution in [0.15, 0.2) is 23.3 Å². The van der Waals surface area contributed by atoms with Crippen molar-refractivity contribution in [2.75, 3.05) is 6.61 Å². The summed E-state index contributed by atoms with van der Waals surface area (Å²) in [6.45, 7) is 0.352. The highest BCUT2D eigenvalue weighted by Gasteiger charge is 2.58. The number of nitrogens with zero attached hydrogens (tertiary/aromatic N) is 2. The highest BCUT2D eigenvalue weighted by molar-refractivity contribution is 4.96. The summed E-state index contributed by atoms with van der Waals surface area (Å²) in [6, 6.07) is 1.60. The van der Waals surface area contributed by atoms with E-state index in [-0.39, 0.29) is 19.6 Å². The minimum Gasteiger partial charge on any atom is -0.370 e. The first-order valence-corrected chi connectivity index (χ1v) is 4.60. The van der Waals surface area contributed by atoms with Gasteiger partial charge in [-0.2, -0.15) is 0 Å². The van der Waals surface area contributed by atoms with Crippen molar-refractivity contribution >= 4 is 0 Å². The molecule has 2 rings (SSSR count). The Morgan fingerprint density at radius 3 is 3.00 bits per heavy atom. The summed E-state index contributed by atoms with van der Waals surface area (Å²) in [5.74, 6) is -2.67. The number of halogens is 2. The van der Waals surface area contributed by atoms with E-state index < -0.39 is 17.7 Å².